The Labute approximate surface area is 98.6 Å². The van der Waals surface area contributed by atoms with Crippen LogP contribution in [-0.2, 0) is 4.74 Å². The van der Waals surface area contributed by atoms with Gasteiger partial charge in [0, 0.05) is 17.5 Å². The van der Waals surface area contributed by atoms with Gasteiger partial charge in [-0.1, -0.05) is 11.6 Å². The third-order valence-electron chi connectivity index (χ3n) is 4.92. The van der Waals surface area contributed by atoms with E-state index >= 15 is 0 Å². The molecule has 1 saturated carbocycles. The number of allylic oxidation sites excluding steroid dienone is 1. The molecule has 3 rings (SSSR count). The molecule has 16 heavy (non-hydrogen) atoms. The van der Waals surface area contributed by atoms with Crippen LogP contribution in [-0.4, -0.2) is 37.2 Å². The molecule has 2 fully saturated rings. The molecule has 0 bridgehead atoms. The van der Waals surface area contributed by atoms with E-state index in [1.54, 1.807) is 5.57 Å². The van der Waals surface area contributed by atoms with Gasteiger partial charge in [-0.25, -0.2) is 0 Å². The van der Waals surface area contributed by atoms with Crippen molar-refractivity contribution in [3.8, 4) is 0 Å². The Morgan fingerprint density at radius 1 is 1.31 bits per heavy atom. The molecule has 1 atom stereocenters. The molecular weight excluding hydrogens is 198 g/mol. The van der Waals surface area contributed by atoms with E-state index in [-0.39, 0.29) is 0 Å². The second kappa shape index (κ2) is 3.85. The predicted octanol–water partition coefficient (Wildman–Crippen LogP) is 2.60. The summed E-state index contributed by atoms with van der Waals surface area (Å²) in [5.41, 5.74) is 2.20. The van der Waals surface area contributed by atoms with Crippen LogP contribution in [0.25, 0.3) is 0 Å². The van der Waals surface area contributed by atoms with E-state index in [0.717, 1.165) is 25.3 Å². The van der Waals surface area contributed by atoms with Crippen molar-refractivity contribution >= 4 is 0 Å². The minimum absolute atomic E-state index is 0.610. The van der Waals surface area contributed by atoms with Crippen LogP contribution in [0.15, 0.2) is 11.6 Å². The van der Waals surface area contributed by atoms with Gasteiger partial charge >= 0.3 is 0 Å². The molecular formula is C14H23NO. The molecule has 2 aliphatic carbocycles. The minimum atomic E-state index is 0.610. The lowest BCUT2D eigenvalue weighted by molar-refractivity contribution is -0.185. The zero-order valence-electron chi connectivity index (χ0n) is 10.5. The Kier molecular flexibility index (Phi) is 2.60. The van der Waals surface area contributed by atoms with Gasteiger partial charge in [0.25, 0.3) is 0 Å². The van der Waals surface area contributed by atoms with E-state index in [1.807, 2.05) is 0 Å². The molecule has 0 amide bonds. The predicted molar refractivity (Wildman–Crippen MR) is 65.4 cm³/mol. The van der Waals surface area contributed by atoms with Crippen LogP contribution in [0, 0.1) is 5.41 Å². The second-order valence-corrected chi connectivity index (χ2v) is 6.20. The van der Waals surface area contributed by atoms with Gasteiger partial charge in [-0.3, -0.25) is 0 Å². The van der Waals surface area contributed by atoms with Crippen molar-refractivity contribution in [3.05, 3.63) is 11.6 Å². The largest absolute Gasteiger partial charge is 0.380 e. The van der Waals surface area contributed by atoms with Crippen LogP contribution in [0.2, 0.25) is 0 Å². The maximum absolute atomic E-state index is 5.34. The third-order valence-corrected chi connectivity index (χ3v) is 4.92. The average Bonchev–Trinajstić information content (AvgIpc) is 2.14. The van der Waals surface area contributed by atoms with Crippen molar-refractivity contribution in [1.29, 1.82) is 0 Å². The van der Waals surface area contributed by atoms with Crippen molar-refractivity contribution in [1.82, 2.24) is 4.90 Å². The number of hydrogen-bond acceptors (Lipinski definition) is 2. The van der Waals surface area contributed by atoms with Crippen molar-refractivity contribution in [3.63, 3.8) is 0 Å². The highest BCUT2D eigenvalue weighted by Crippen LogP contribution is 2.49. The number of rotatable bonds is 2. The Morgan fingerprint density at radius 2 is 2.06 bits per heavy atom. The highest BCUT2D eigenvalue weighted by molar-refractivity contribution is 5.07. The summed E-state index contributed by atoms with van der Waals surface area (Å²) >= 11 is 0. The molecule has 0 aromatic rings. The molecule has 0 aromatic carbocycles. The zero-order chi connectivity index (χ0) is 11.2. The molecule has 2 heteroatoms. The Hall–Kier alpha value is -0.340. The van der Waals surface area contributed by atoms with Crippen LogP contribution in [0.3, 0.4) is 0 Å². The summed E-state index contributed by atoms with van der Waals surface area (Å²) in [7, 11) is 2.33. The van der Waals surface area contributed by atoms with E-state index in [1.165, 1.54) is 32.1 Å². The van der Waals surface area contributed by atoms with Gasteiger partial charge in [-0.05, 0) is 46.1 Å². The number of hydrogen-bond donors (Lipinski definition) is 0. The van der Waals surface area contributed by atoms with Gasteiger partial charge in [-0.15, -0.1) is 0 Å². The summed E-state index contributed by atoms with van der Waals surface area (Å²) in [6, 6.07) is 1.63. The van der Waals surface area contributed by atoms with E-state index in [0.29, 0.717) is 5.41 Å². The Bertz CT molecular complexity index is 298. The summed E-state index contributed by atoms with van der Waals surface area (Å²) in [4.78, 5) is 2.65. The lowest BCUT2D eigenvalue weighted by atomic mass is 9.63. The molecule has 0 radical (unpaired) electrons. The molecule has 90 valence electrons. The average molecular weight is 221 g/mol. The first-order valence-electron chi connectivity index (χ1n) is 6.64. The smallest absolute Gasteiger partial charge is 0.0545 e. The molecule has 1 spiro atoms. The van der Waals surface area contributed by atoms with E-state index < -0.39 is 0 Å². The molecule has 0 N–H and O–H groups in total. The first-order valence-corrected chi connectivity index (χ1v) is 6.64. The third kappa shape index (κ3) is 1.72. The maximum Gasteiger partial charge on any atom is 0.0545 e. The minimum Gasteiger partial charge on any atom is -0.380 e. The lowest BCUT2D eigenvalue weighted by Crippen LogP contribution is -2.60. The maximum atomic E-state index is 5.34. The highest BCUT2D eigenvalue weighted by Gasteiger charge is 2.51. The number of ether oxygens (including phenoxy) is 1. The van der Waals surface area contributed by atoms with Gasteiger partial charge < -0.3 is 9.64 Å². The van der Waals surface area contributed by atoms with E-state index in [9.17, 15) is 0 Å². The van der Waals surface area contributed by atoms with Crippen LogP contribution in [0.4, 0.5) is 0 Å². The second-order valence-electron chi connectivity index (χ2n) is 6.20. The fourth-order valence-corrected chi connectivity index (χ4v) is 3.47. The van der Waals surface area contributed by atoms with Crippen molar-refractivity contribution in [2.45, 2.75) is 51.1 Å². The summed E-state index contributed by atoms with van der Waals surface area (Å²) in [6.45, 7) is 4.32. The molecule has 1 saturated heterocycles. The van der Waals surface area contributed by atoms with Gasteiger partial charge in [-0.2, -0.15) is 0 Å². The van der Waals surface area contributed by atoms with Crippen molar-refractivity contribution in [2.75, 3.05) is 20.3 Å². The molecule has 3 aliphatic rings. The summed E-state index contributed by atoms with van der Waals surface area (Å²) < 4.78 is 5.34. The Balaban J connectivity index is 1.52. The van der Waals surface area contributed by atoms with Gasteiger partial charge in [0.1, 0.15) is 0 Å². The van der Waals surface area contributed by atoms with Crippen molar-refractivity contribution in [2.24, 2.45) is 5.41 Å². The SMILES string of the molecule is CC1=CCC(N(C)C2CC3(COC3)C2)CC1. The first-order chi connectivity index (χ1) is 7.69. The summed E-state index contributed by atoms with van der Waals surface area (Å²) in [5.74, 6) is 0. The quantitative estimate of drug-likeness (QED) is 0.665. The molecule has 1 unspecified atom stereocenters. The molecule has 0 aromatic heterocycles. The fourth-order valence-electron chi connectivity index (χ4n) is 3.47. The van der Waals surface area contributed by atoms with Gasteiger partial charge in [0.2, 0.25) is 0 Å². The normalized spacial score (nSPS) is 33.4. The standard InChI is InChI=1S/C14H23NO/c1-11-3-5-12(6-4-11)15(2)13-7-14(8-13)9-16-10-14/h3,12-13H,4-10H2,1-2H3. The van der Waals surface area contributed by atoms with Crippen LogP contribution >= 0.6 is 0 Å². The number of nitrogens with zero attached hydrogens (tertiary/aromatic N) is 1. The highest BCUT2D eigenvalue weighted by atomic mass is 16.5. The monoisotopic (exact) mass is 221 g/mol. The summed E-state index contributed by atoms with van der Waals surface area (Å²) in [6.07, 6.45) is 9.12. The summed E-state index contributed by atoms with van der Waals surface area (Å²) in [5, 5.41) is 0. The van der Waals surface area contributed by atoms with E-state index in [4.69, 9.17) is 4.74 Å². The molecule has 1 heterocycles. The zero-order valence-corrected chi connectivity index (χ0v) is 10.5. The van der Waals surface area contributed by atoms with E-state index in [2.05, 4.69) is 24.9 Å². The first kappa shape index (κ1) is 10.8. The van der Waals surface area contributed by atoms with Crippen LogP contribution in [0.1, 0.15) is 39.0 Å². The Morgan fingerprint density at radius 3 is 2.56 bits per heavy atom. The van der Waals surface area contributed by atoms with Crippen LogP contribution in [0.5, 0.6) is 0 Å². The lowest BCUT2D eigenvalue weighted by Gasteiger charge is -2.57. The van der Waals surface area contributed by atoms with Gasteiger partial charge in [0.05, 0.1) is 13.2 Å². The van der Waals surface area contributed by atoms with Crippen molar-refractivity contribution < 1.29 is 4.74 Å². The fraction of sp³-hybridized carbons (Fsp3) is 0.857. The molecule has 2 nitrogen and oxygen atoms in total. The van der Waals surface area contributed by atoms with Crippen LogP contribution < -0.4 is 0 Å². The molecule has 1 aliphatic heterocycles. The van der Waals surface area contributed by atoms with Gasteiger partial charge in [0.15, 0.2) is 0 Å². The topological polar surface area (TPSA) is 12.5 Å².